The van der Waals surface area contributed by atoms with Crippen LogP contribution >= 0.6 is 0 Å². The first-order valence-corrected chi connectivity index (χ1v) is 9.37. The first kappa shape index (κ1) is 18.2. The molecule has 1 saturated carbocycles. The molecule has 5 heteroatoms. The molecule has 0 aromatic heterocycles. The van der Waals surface area contributed by atoms with E-state index in [4.69, 9.17) is 9.47 Å². The number of hydrogen-bond acceptors (Lipinski definition) is 3. The Hall–Kier alpha value is -1.62. The summed E-state index contributed by atoms with van der Waals surface area (Å²) in [6.45, 7) is 3.94. The van der Waals surface area contributed by atoms with Gasteiger partial charge in [-0.1, -0.05) is 33.1 Å². The second kappa shape index (κ2) is 7.73. The van der Waals surface area contributed by atoms with Gasteiger partial charge >= 0.3 is 5.97 Å². The zero-order valence-electron chi connectivity index (χ0n) is 15.0. The molecule has 2 aliphatic rings. The average Bonchev–Trinajstić information content (AvgIpc) is 3.07. The number of carboxylic acids is 1. The van der Waals surface area contributed by atoms with Crippen LogP contribution in [0.4, 0.5) is 4.39 Å². The van der Waals surface area contributed by atoms with E-state index in [1.165, 1.54) is 12.5 Å². The van der Waals surface area contributed by atoms with Crippen molar-refractivity contribution in [1.82, 2.24) is 0 Å². The number of rotatable bonds is 6. The Kier molecular flexibility index (Phi) is 5.62. The smallest absolute Gasteiger partial charge is 0.336 e. The Labute approximate surface area is 148 Å². The average molecular weight is 350 g/mol. The zero-order valence-corrected chi connectivity index (χ0v) is 15.0. The number of benzene rings is 1. The Balaban J connectivity index is 1.84. The van der Waals surface area contributed by atoms with Gasteiger partial charge in [-0.15, -0.1) is 0 Å². The van der Waals surface area contributed by atoms with Gasteiger partial charge in [0.25, 0.3) is 0 Å². The number of ether oxygens (including phenoxy) is 2. The van der Waals surface area contributed by atoms with Crippen molar-refractivity contribution in [2.75, 3.05) is 0 Å². The summed E-state index contributed by atoms with van der Waals surface area (Å²) < 4.78 is 26.8. The van der Waals surface area contributed by atoms with Crippen LogP contribution in [0.25, 0.3) is 0 Å². The predicted molar refractivity (Wildman–Crippen MR) is 92.6 cm³/mol. The third kappa shape index (κ3) is 3.97. The molecule has 1 aromatic rings. The molecule has 3 rings (SSSR count). The minimum Gasteiger partial charge on any atom is -0.478 e. The van der Waals surface area contributed by atoms with Crippen LogP contribution in [0.5, 0.6) is 5.75 Å². The van der Waals surface area contributed by atoms with Crippen LogP contribution in [0.3, 0.4) is 0 Å². The van der Waals surface area contributed by atoms with E-state index < -0.39 is 18.1 Å². The molecule has 1 unspecified atom stereocenters. The molecule has 1 aromatic carbocycles. The Morgan fingerprint density at radius 1 is 1.16 bits per heavy atom. The molecular weight excluding hydrogens is 323 g/mol. The normalized spacial score (nSPS) is 19.0. The van der Waals surface area contributed by atoms with Crippen molar-refractivity contribution >= 4 is 5.97 Å². The van der Waals surface area contributed by atoms with Crippen LogP contribution in [0.15, 0.2) is 6.07 Å². The maximum Gasteiger partial charge on any atom is 0.336 e. The Bertz CT molecular complexity index is 635. The number of halogens is 1. The molecular formula is C20H27FO4. The van der Waals surface area contributed by atoms with Crippen molar-refractivity contribution in [2.45, 2.75) is 77.6 Å². The van der Waals surface area contributed by atoms with Gasteiger partial charge in [0.15, 0.2) is 11.6 Å². The summed E-state index contributed by atoms with van der Waals surface area (Å²) in [7, 11) is 0. The minimum absolute atomic E-state index is 0.00700. The largest absolute Gasteiger partial charge is 0.478 e. The minimum atomic E-state index is -1.03. The first-order chi connectivity index (χ1) is 12.0. The highest BCUT2D eigenvalue weighted by Crippen LogP contribution is 2.35. The van der Waals surface area contributed by atoms with E-state index in [9.17, 15) is 14.3 Å². The van der Waals surface area contributed by atoms with Crippen molar-refractivity contribution < 1.29 is 23.8 Å². The van der Waals surface area contributed by atoms with Gasteiger partial charge in [0.05, 0.1) is 11.7 Å². The van der Waals surface area contributed by atoms with Gasteiger partial charge in [0, 0.05) is 5.92 Å². The van der Waals surface area contributed by atoms with Gasteiger partial charge in [-0.25, -0.2) is 9.18 Å². The van der Waals surface area contributed by atoms with E-state index in [0.29, 0.717) is 24.0 Å². The lowest BCUT2D eigenvalue weighted by Gasteiger charge is -2.30. The van der Waals surface area contributed by atoms with Crippen LogP contribution in [0.2, 0.25) is 0 Å². The molecule has 0 aliphatic heterocycles. The molecule has 0 amide bonds. The number of aromatic carboxylic acids is 1. The fourth-order valence-electron chi connectivity index (χ4n) is 3.83. The SMILES string of the molecule is CC(C)C(Oc1cc(C(=O)O)c2c(c1F)CCC2)OC1CCCCC1. The van der Waals surface area contributed by atoms with E-state index in [2.05, 4.69) is 0 Å². The van der Waals surface area contributed by atoms with Crippen LogP contribution < -0.4 is 4.74 Å². The highest BCUT2D eigenvalue weighted by molar-refractivity contribution is 5.90. The highest BCUT2D eigenvalue weighted by Gasteiger charge is 2.29. The summed E-state index contributed by atoms with van der Waals surface area (Å²) in [5, 5.41) is 9.46. The Morgan fingerprint density at radius 2 is 1.84 bits per heavy atom. The molecule has 25 heavy (non-hydrogen) atoms. The number of carboxylic acid groups (broad SMARTS) is 1. The highest BCUT2D eigenvalue weighted by atomic mass is 19.1. The molecule has 0 bridgehead atoms. The molecule has 0 spiro atoms. The van der Waals surface area contributed by atoms with E-state index in [-0.39, 0.29) is 23.3 Å². The molecule has 138 valence electrons. The number of hydrogen-bond donors (Lipinski definition) is 1. The molecule has 0 saturated heterocycles. The van der Waals surface area contributed by atoms with Crippen molar-refractivity contribution in [3.63, 3.8) is 0 Å². The lowest BCUT2D eigenvalue weighted by molar-refractivity contribution is -0.151. The van der Waals surface area contributed by atoms with E-state index in [1.807, 2.05) is 13.8 Å². The van der Waals surface area contributed by atoms with Gasteiger partial charge in [-0.05, 0) is 49.3 Å². The van der Waals surface area contributed by atoms with Gasteiger partial charge in [0.2, 0.25) is 6.29 Å². The van der Waals surface area contributed by atoms with Crippen molar-refractivity contribution in [1.29, 1.82) is 0 Å². The summed E-state index contributed by atoms with van der Waals surface area (Å²) in [5.74, 6) is -1.40. The van der Waals surface area contributed by atoms with Gasteiger partial charge in [-0.2, -0.15) is 0 Å². The van der Waals surface area contributed by atoms with Crippen molar-refractivity contribution in [2.24, 2.45) is 5.92 Å². The summed E-state index contributed by atoms with van der Waals surface area (Å²) in [5.41, 5.74) is 1.27. The van der Waals surface area contributed by atoms with Crippen LogP contribution in [0, 0.1) is 11.7 Å². The summed E-state index contributed by atoms with van der Waals surface area (Å²) in [4.78, 5) is 11.6. The monoisotopic (exact) mass is 350 g/mol. The maximum atomic E-state index is 14.8. The lowest BCUT2D eigenvalue weighted by atomic mass is 9.97. The first-order valence-electron chi connectivity index (χ1n) is 9.37. The fraction of sp³-hybridized carbons (Fsp3) is 0.650. The van der Waals surface area contributed by atoms with Gasteiger partial charge < -0.3 is 14.6 Å². The standard InChI is InChI=1S/C20H27FO4/c1-12(2)20(24-13-7-4-3-5-8-13)25-17-11-16(19(22)23)14-9-6-10-15(14)18(17)21/h11-13,20H,3-10H2,1-2H3,(H,22,23). The fourth-order valence-corrected chi connectivity index (χ4v) is 3.83. The maximum absolute atomic E-state index is 14.8. The molecule has 1 atom stereocenters. The third-order valence-corrected chi connectivity index (χ3v) is 5.20. The quantitative estimate of drug-likeness (QED) is 0.754. The molecule has 0 radical (unpaired) electrons. The molecule has 1 fully saturated rings. The predicted octanol–water partition coefficient (Wildman–Crippen LogP) is 4.72. The number of carbonyl (C=O) groups is 1. The second-order valence-corrected chi connectivity index (χ2v) is 7.48. The second-order valence-electron chi connectivity index (χ2n) is 7.48. The molecule has 0 heterocycles. The van der Waals surface area contributed by atoms with Crippen molar-refractivity contribution in [3.8, 4) is 5.75 Å². The molecule has 1 N–H and O–H groups in total. The lowest BCUT2D eigenvalue weighted by Crippen LogP contribution is -2.33. The summed E-state index contributed by atoms with van der Waals surface area (Å²) in [6.07, 6.45) is 7.04. The summed E-state index contributed by atoms with van der Waals surface area (Å²) >= 11 is 0. The van der Waals surface area contributed by atoms with Gasteiger partial charge in [0.1, 0.15) is 0 Å². The molecule has 2 aliphatic carbocycles. The Morgan fingerprint density at radius 3 is 2.48 bits per heavy atom. The van der Waals surface area contributed by atoms with Crippen LogP contribution in [-0.4, -0.2) is 23.5 Å². The van der Waals surface area contributed by atoms with Crippen molar-refractivity contribution in [3.05, 3.63) is 28.6 Å². The zero-order chi connectivity index (χ0) is 18.0. The van der Waals surface area contributed by atoms with Crippen LogP contribution in [-0.2, 0) is 17.6 Å². The summed E-state index contributed by atoms with van der Waals surface area (Å²) in [6, 6.07) is 1.33. The van der Waals surface area contributed by atoms with Gasteiger partial charge in [-0.3, -0.25) is 0 Å². The van der Waals surface area contributed by atoms with E-state index in [0.717, 1.165) is 32.1 Å². The van der Waals surface area contributed by atoms with E-state index >= 15 is 0 Å². The third-order valence-electron chi connectivity index (χ3n) is 5.20. The number of fused-ring (bicyclic) bond motifs is 1. The molecule has 4 nitrogen and oxygen atoms in total. The van der Waals surface area contributed by atoms with E-state index in [1.54, 1.807) is 0 Å². The van der Waals surface area contributed by atoms with Crippen LogP contribution in [0.1, 0.15) is 73.9 Å². The topological polar surface area (TPSA) is 55.8 Å².